The van der Waals surface area contributed by atoms with E-state index in [1.807, 2.05) is 42.3 Å². The summed E-state index contributed by atoms with van der Waals surface area (Å²) in [6.07, 6.45) is -0.372. The summed E-state index contributed by atoms with van der Waals surface area (Å²) in [5, 5.41) is 15.6. The van der Waals surface area contributed by atoms with E-state index in [1.165, 1.54) is 0 Å². The maximum atomic E-state index is 12.7. The zero-order chi connectivity index (χ0) is 25.1. The van der Waals surface area contributed by atoms with Gasteiger partial charge in [-0.1, -0.05) is 36.4 Å². The number of piperazine rings is 1. The van der Waals surface area contributed by atoms with Crippen LogP contribution in [0.2, 0.25) is 0 Å². The van der Waals surface area contributed by atoms with Crippen molar-refractivity contribution in [2.75, 3.05) is 31.1 Å². The molecule has 1 aliphatic rings. The van der Waals surface area contributed by atoms with Gasteiger partial charge < -0.3 is 14.2 Å². The van der Waals surface area contributed by atoms with E-state index in [0.29, 0.717) is 18.5 Å². The number of amides is 1. The van der Waals surface area contributed by atoms with E-state index >= 15 is 0 Å². The standard InChI is InChI=1S/C25H25F2N7O2/c1-2-22(35)33-12-10-32(11-13-33)20-5-3-4-19(14-20)21-16-34(31-28-21)15-17-6-8-18(9-7-17)24-29-30-25(36-24)23(26)27/h3-9,14,16,23H,2,10-13,15H2,1H3. The molecule has 0 atom stereocenters. The molecule has 2 aromatic carbocycles. The van der Waals surface area contributed by atoms with Gasteiger partial charge in [0.1, 0.15) is 5.69 Å². The molecule has 1 saturated heterocycles. The summed E-state index contributed by atoms with van der Waals surface area (Å²) in [6.45, 7) is 5.43. The highest BCUT2D eigenvalue weighted by Gasteiger charge is 2.21. The van der Waals surface area contributed by atoms with Crippen LogP contribution in [0.3, 0.4) is 0 Å². The molecule has 186 valence electrons. The number of anilines is 1. The number of nitrogens with zero attached hydrogens (tertiary/aromatic N) is 7. The molecule has 1 aliphatic heterocycles. The minimum Gasteiger partial charge on any atom is -0.415 e. The van der Waals surface area contributed by atoms with Crippen molar-refractivity contribution >= 4 is 11.6 Å². The van der Waals surface area contributed by atoms with Crippen molar-refractivity contribution in [3.63, 3.8) is 0 Å². The van der Waals surface area contributed by atoms with E-state index in [1.54, 1.807) is 16.8 Å². The van der Waals surface area contributed by atoms with Crippen molar-refractivity contribution in [3.05, 3.63) is 66.2 Å². The third-order valence-corrected chi connectivity index (χ3v) is 6.15. The van der Waals surface area contributed by atoms with Gasteiger partial charge in [-0.3, -0.25) is 4.79 Å². The van der Waals surface area contributed by atoms with E-state index in [0.717, 1.165) is 48.7 Å². The van der Waals surface area contributed by atoms with E-state index in [9.17, 15) is 13.6 Å². The van der Waals surface area contributed by atoms with Gasteiger partial charge in [-0.2, -0.15) is 8.78 Å². The lowest BCUT2D eigenvalue weighted by atomic mass is 10.1. The Morgan fingerprint density at radius 2 is 1.78 bits per heavy atom. The second kappa shape index (κ2) is 10.2. The number of benzene rings is 2. The summed E-state index contributed by atoms with van der Waals surface area (Å²) < 4.78 is 32.1. The quantitative estimate of drug-likeness (QED) is 0.384. The first-order valence-electron chi connectivity index (χ1n) is 11.7. The predicted molar refractivity (Wildman–Crippen MR) is 128 cm³/mol. The summed E-state index contributed by atoms with van der Waals surface area (Å²) in [6, 6.07) is 15.4. The van der Waals surface area contributed by atoms with Gasteiger partial charge in [-0.15, -0.1) is 15.3 Å². The van der Waals surface area contributed by atoms with Crippen molar-refractivity contribution < 1.29 is 18.0 Å². The van der Waals surface area contributed by atoms with Crippen molar-refractivity contribution in [2.24, 2.45) is 0 Å². The van der Waals surface area contributed by atoms with Crippen LogP contribution >= 0.6 is 0 Å². The number of alkyl halides is 2. The lowest BCUT2D eigenvalue weighted by Crippen LogP contribution is -2.48. The van der Waals surface area contributed by atoms with Crippen LogP contribution in [0.5, 0.6) is 0 Å². The Labute approximate surface area is 206 Å². The molecule has 9 nitrogen and oxygen atoms in total. The summed E-state index contributed by atoms with van der Waals surface area (Å²) in [5.74, 6) is -0.439. The van der Waals surface area contributed by atoms with E-state index < -0.39 is 12.3 Å². The molecule has 0 unspecified atom stereocenters. The molecule has 0 N–H and O–H groups in total. The third-order valence-electron chi connectivity index (χ3n) is 6.15. The van der Waals surface area contributed by atoms with Crippen LogP contribution in [0.4, 0.5) is 14.5 Å². The van der Waals surface area contributed by atoms with Crippen LogP contribution < -0.4 is 4.90 Å². The van der Waals surface area contributed by atoms with Gasteiger partial charge in [0, 0.05) is 49.4 Å². The van der Waals surface area contributed by atoms with Gasteiger partial charge in [0.15, 0.2) is 0 Å². The Morgan fingerprint density at radius 3 is 2.47 bits per heavy atom. The Bertz CT molecular complexity index is 1330. The van der Waals surface area contributed by atoms with Crippen LogP contribution in [-0.4, -0.2) is 62.2 Å². The van der Waals surface area contributed by atoms with Crippen molar-refractivity contribution in [1.82, 2.24) is 30.1 Å². The molecule has 36 heavy (non-hydrogen) atoms. The minimum atomic E-state index is -2.80. The SMILES string of the molecule is CCC(=O)N1CCN(c2cccc(-c3cn(Cc4ccc(-c5nnc(C(F)F)o5)cc4)nn3)c2)CC1. The molecule has 5 rings (SSSR count). The minimum absolute atomic E-state index is 0.0538. The Kier molecular flexibility index (Phi) is 6.70. The number of halogens is 2. The monoisotopic (exact) mass is 493 g/mol. The van der Waals surface area contributed by atoms with E-state index in [2.05, 4.69) is 37.5 Å². The molecular formula is C25H25F2N7O2. The number of aromatic nitrogens is 5. The summed E-state index contributed by atoms with van der Waals surface area (Å²) in [5.41, 5.74) is 4.34. The highest BCUT2D eigenvalue weighted by molar-refractivity contribution is 5.76. The van der Waals surface area contributed by atoms with Gasteiger partial charge in [-0.05, 0) is 29.8 Å². The first kappa shape index (κ1) is 23.6. The second-order valence-corrected chi connectivity index (χ2v) is 8.52. The van der Waals surface area contributed by atoms with Crippen LogP contribution in [0.1, 0.15) is 31.2 Å². The second-order valence-electron chi connectivity index (χ2n) is 8.52. The lowest BCUT2D eigenvalue weighted by molar-refractivity contribution is -0.131. The molecular weight excluding hydrogens is 468 g/mol. The first-order chi connectivity index (χ1) is 17.5. The Balaban J connectivity index is 1.24. The smallest absolute Gasteiger partial charge is 0.314 e. The van der Waals surface area contributed by atoms with E-state index in [4.69, 9.17) is 4.42 Å². The van der Waals surface area contributed by atoms with Gasteiger partial charge in [0.2, 0.25) is 11.8 Å². The summed E-state index contributed by atoms with van der Waals surface area (Å²) >= 11 is 0. The first-order valence-corrected chi connectivity index (χ1v) is 11.7. The predicted octanol–water partition coefficient (Wildman–Crippen LogP) is 4.04. The third kappa shape index (κ3) is 5.09. The fraction of sp³-hybridized carbons (Fsp3) is 0.320. The van der Waals surface area contributed by atoms with Crippen LogP contribution in [0.15, 0.2) is 59.1 Å². The number of carbonyl (C=O) groups is 1. The topological polar surface area (TPSA) is 93.2 Å². The Morgan fingerprint density at radius 1 is 1.00 bits per heavy atom. The molecule has 2 aromatic heterocycles. The van der Waals surface area contributed by atoms with Gasteiger partial charge in [0.05, 0.1) is 12.7 Å². The molecule has 0 saturated carbocycles. The van der Waals surface area contributed by atoms with Gasteiger partial charge >= 0.3 is 6.43 Å². The normalized spacial score (nSPS) is 14.0. The van der Waals surface area contributed by atoms with Gasteiger partial charge in [-0.25, -0.2) is 4.68 Å². The number of rotatable bonds is 7. The maximum Gasteiger partial charge on any atom is 0.314 e. The molecule has 0 spiro atoms. The molecule has 0 bridgehead atoms. The zero-order valence-electron chi connectivity index (χ0n) is 19.7. The van der Waals surface area contributed by atoms with Crippen LogP contribution in [0, 0.1) is 0 Å². The maximum absolute atomic E-state index is 12.7. The Hall–Kier alpha value is -4.15. The molecule has 3 heterocycles. The number of hydrogen-bond donors (Lipinski definition) is 0. The van der Waals surface area contributed by atoms with Crippen molar-refractivity contribution in [1.29, 1.82) is 0 Å². The fourth-order valence-corrected chi connectivity index (χ4v) is 4.19. The molecule has 0 aliphatic carbocycles. The number of carbonyl (C=O) groups excluding carboxylic acids is 1. The highest BCUT2D eigenvalue weighted by Crippen LogP contribution is 2.25. The number of hydrogen-bond acceptors (Lipinski definition) is 7. The zero-order valence-corrected chi connectivity index (χ0v) is 19.7. The molecule has 1 amide bonds. The molecule has 11 heteroatoms. The van der Waals surface area contributed by atoms with Crippen LogP contribution in [-0.2, 0) is 11.3 Å². The molecule has 0 radical (unpaired) electrons. The molecule has 4 aromatic rings. The lowest BCUT2D eigenvalue weighted by Gasteiger charge is -2.36. The van der Waals surface area contributed by atoms with Gasteiger partial charge in [0.25, 0.3) is 5.89 Å². The van der Waals surface area contributed by atoms with Crippen molar-refractivity contribution in [2.45, 2.75) is 26.3 Å². The van der Waals surface area contributed by atoms with E-state index in [-0.39, 0.29) is 11.8 Å². The highest BCUT2D eigenvalue weighted by atomic mass is 19.3. The average molecular weight is 494 g/mol. The molecule has 1 fully saturated rings. The fourth-order valence-electron chi connectivity index (χ4n) is 4.19. The largest absolute Gasteiger partial charge is 0.415 e. The van der Waals surface area contributed by atoms with Crippen molar-refractivity contribution in [3.8, 4) is 22.7 Å². The summed E-state index contributed by atoms with van der Waals surface area (Å²) in [7, 11) is 0. The van der Waals surface area contributed by atoms with Crippen LogP contribution in [0.25, 0.3) is 22.7 Å². The summed E-state index contributed by atoms with van der Waals surface area (Å²) in [4.78, 5) is 16.1. The average Bonchev–Trinajstić information content (AvgIpc) is 3.60.